The van der Waals surface area contributed by atoms with Crippen LogP contribution in [0.5, 0.6) is 0 Å². The van der Waals surface area contributed by atoms with Gasteiger partial charge in [-0.25, -0.2) is 0 Å². The second-order valence-corrected chi connectivity index (χ2v) is 23.4. The van der Waals surface area contributed by atoms with Gasteiger partial charge in [0.05, 0.1) is 0 Å². The van der Waals surface area contributed by atoms with Crippen LogP contribution in [0, 0.1) is 0 Å². The van der Waals surface area contributed by atoms with E-state index in [1.807, 2.05) is 0 Å². The van der Waals surface area contributed by atoms with Gasteiger partial charge in [-0.2, -0.15) is 0 Å². The predicted molar refractivity (Wildman–Crippen MR) is 362 cm³/mol. The molecule has 0 aliphatic heterocycles. The maximum absolute atomic E-state index is 12.9. The van der Waals surface area contributed by atoms with Gasteiger partial charge in [0.25, 0.3) is 0 Å². The number of ether oxygens (including phenoxy) is 3. The summed E-state index contributed by atoms with van der Waals surface area (Å²) in [5.74, 6) is -0.893. The van der Waals surface area contributed by atoms with Gasteiger partial charge >= 0.3 is 17.9 Å². The molecule has 6 heteroatoms. The Morgan fingerprint density at radius 1 is 0.253 bits per heavy atom. The predicted octanol–water partition coefficient (Wildman–Crippen LogP) is 24.6. The Hall–Kier alpha value is -3.93. The molecule has 0 aromatic heterocycles. The van der Waals surface area contributed by atoms with E-state index in [1.165, 1.54) is 173 Å². The largest absolute Gasteiger partial charge is 0.462 e. The molecule has 0 aromatic carbocycles. The van der Waals surface area contributed by atoms with E-state index in [-0.39, 0.29) is 31.1 Å². The number of hydrogen-bond donors (Lipinski definition) is 0. The van der Waals surface area contributed by atoms with E-state index >= 15 is 0 Å². The summed E-state index contributed by atoms with van der Waals surface area (Å²) in [5, 5.41) is 0. The van der Waals surface area contributed by atoms with Crippen LogP contribution in [0.3, 0.4) is 0 Å². The van der Waals surface area contributed by atoms with Gasteiger partial charge in [0.2, 0.25) is 0 Å². The van der Waals surface area contributed by atoms with E-state index in [2.05, 4.69) is 130 Å². The third-order valence-electron chi connectivity index (χ3n) is 15.3. The molecule has 0 heterocycles. The minimum Gasteiger partial charge on any atom is -0.462 e. The van der Waals surface area contributed by atoms with Gasteiger partial charge in [0, 0.05) is 19.3 Å². The van der Waals surface area contributed by atoms with Crippen molar-refractivity contribution in [1.29, 1.82) is 0 Å². The summed E-state index contributed by atoms with van der Waals surface area (Å²) in [4.78, 5) is 38.3. The standard InChI is InChI=1S/C77H132O6/c1-4-7-10-13-16-19-21-23-25-27-29-31-33-35-37-38-40-41-43-45-47-49-51-53-55-58-61-64-67-70-76(79)82-73-74(72-81-75(78)69-66-63-60-57-18-15-12-9-6-3)83-77(80)71-68-65-62-59-56-54-52-50-48-46-44-42-39-36-34-32-30-28-26-24-22-20-17-14-11-8-5-2/h8,11,17,20-21,23-24,26-27,29-30,32,36,39,44,46,50,52,74H,4-7,9-10,12-16,18-19,22,25,28,31,33-35,37-38,40-43,45,47-49,51,53-73H2,1-3H3/b11-8-,20-17-,23-21-,26-24-,29-27-,32-30-,39-36-,46-44-,52-50-. The average molecular weight is 1150 g/mol. The number of carbonyl (C=O) groups is 3. The Morgan fingerprint density at radius 3 is 0.735 bits per heavy atom. The smallest absolute Gasteiger partial charge is 0.306 e. The molecule has 0 saturated heterocycles. The molecule has 0 aliphatic rings. The SMILES string of the molecule is CC/C=C\C/C=C\C/C=C\C/C=C\C/C=C\C/C=C\C/C=C\CCCCCCCC(=O)OC(COC(=O)CCCCCCCCCCC)COC(=O)CCCCCCCCCCCCCCCCCCC/C=C\C/C=C\CCCCCCC. The molecular formula is C77H132O6. The van der Waals surface area contributed by atoms with E-state index in [0.29, 0.717) is 19.3 Å². The van der Waals surface area contributed by atoms with Crippen molar-refractivity contribution in [2.75, 3.05) is 13.2 Å². The fourth-order valence-electron chi connectivity index (χ4n) is 9.99. The summed E-state index contributed by atoms with van der Waals surface area (Å²) >= 11 is 0. The minimum absolute atomic E-state index is 0.0835. The van der Waals surface area contributed by atoms with E-state index in [1.54, 1.807) is 0 Å². The number of unbranched alkanes of at least 4 members (excludes halogenated alkanes) is 35. The summed E-state index contributed by atoms with van der Waals surface area (Å²) in [5.41, 5.74) is 0. The minimum atomic E-state index is -0.788. The van der Waals surface area contributed by atoms with Crippen LogP contribution >= 0.6 is 0 Å². The summed E-state index contributed by atoms with van der Waals surface area (Å²) in [7, 11) is 0. The summed E-state index contributed by atoms with van der Waals surface area (Å²) in [6, 6.07) is 0. The number of rotatable bonds is 64. The van der Waals surface area contributed by atoms with E-state index in [4.69, 9.17) is 14.2 Å². The Kier molecular flexibility index (Phi) is 67.2. The summed E-state index contributed by atoms with van der Waals surface area (Å²) in [6.07, 6.45) is 97.0. The fraction of sp³-hybridized carbons (Fsp3) is 0.727. The van der Waals surface area contributed by atoms with Crippen molar-refractivity contribution in [3.05, 3.63) is 109 Å². The van der Waals surface area contributed by atoms with Gasteiger partial charge in [-0.1, -0.05) is 323 Å². The molecular weight excluding hydrogens is 1020 g/mol. The van der Waals surface area contributed by atoms with Gasteiger partial charge in [-0.05, 0) is 109 Å². The van der Waals surface area contributed by atoms with Crippen molar-refractivity contribution in [2.45, 2.75) is 348 Å². The molecule has 0 spiro atoms. The maximum atomic E-state index is 12.9. The Morgan fingerprint density at radius 2 is 0.470 bits per heavy atom. The van der Waals surface area contributed by atoms with Gasteiger partial charge in [-0.15, -0.1) is 0 Å². The van der Waals surface area contributed by atoms with Crippen LogP contribution in [-0.2, 0) is 28.6 Å². The number of esters is 3. The number of allylic oxidation sites excluding steroid dienone is 18. The first-order chi connectivity index (χ1) is 41.0. The van der Waals surface area contributed by atoms with Crippen LogP contribution in [0.1, 0.15) is 342 Å². The van der Waals surface area contributed by atoms with E-state index < -0.39 is 6.10 Å². The zero-order valence-electron chi connectivity index (χ0n) is 54.7. The highest BCUT2D eigenvalue weighted by Gasteiger charge is 2.19. The Balaban J connectivity index is 4.20. The molecule has 0 aliphatic carbocycles. The lowest BCUT2D eigenvalue weighted by Crippen LogP contribution is -2.30. The van der Waals surface area contributed by atoms with Gasteiger partial charge in [0.15, 0.2) is 6.10 Å². The molecule has 1 atom stereocenters. The lowest BCUT2D eigenvalue weighted by molar-refractivity contribution is -0.167. The molecule has 0 amide bonds. The first kappa shape index (κ1) is 79.1. The maximum Gasteiger partial charge on any atom is 0.306 e. The third kappa shape index (κ3) is 68.7. The molecule has 1 unspecified atom stereocenters. The third-order valence-corrected chi connectivity index (χ3v) is 15.3. The van der Waals surface area contributed by atoms with Crippen molar-refractivity contribution < 1.29 is 28.6 Å². The fourth-order valence-corrected chi connectivity index (χ4v) is 9.99. The summed E-state index contributed by atoms with van der Waals surface area (Å²) in [6.45, 7) is 6.51. The van der Waals surface area contributed by atoms with Gasteiger partial charge in [0.1, 0.15) is 13.2 Å². The van der Waals surface area contributed by atoms with Crippen molar-refractivity contribution >= 4 is 17.9 Å². The van der Waals surface area contributed by atoms with Crippen molar-refractivity contribution in [2.24, 2.45) is 0 Å². The van der Waals surface area contributed by atoms with Crippen LogP contribution in [0.15, 0.2) is 109 Å². The lowest BCUT2D eigenvalue weighted by atomic mass is 10.0. The van der Waals surface area contributed by atoms with Crippen LogP contribution in [-0.4, -0.2) is 37.2 Å². The second kappa shape index (κ2) is 70.6. The van der Waals surface area contributed by atoms with E-state index in [9.17, 15) is 14.4 Å². The normalized spacial score (nSPS) is 12.8. The average Bonchev–Trinajstić information content (AvgIpc) is 3.49. The lowest BCUT2D eigenvalue weighted by Gasteiger charge is -2.18. The number of carbonyl (C=O) groups excluding carboxylic acids is 3. The zero-order valence-corrected chi connectivity index (χ0v) is 54.7. The van der Waals surface area contributed by atoms with Gasteiger partial charge in [-0.3, -0.25) is 14.4 Å². The first-order valence-electron chi connectivity index (χ1n) is 35.4. The van der Waals surface area contributed by atoms with Gasteiger partial charge < -0.3 is 14.2 Å². The summed E-state index contributed by atoms with van der Waals surface area (Å²) < 4.78 is 16.9. The monoisotopic (exact) mass is 1150 g/mol. The molecule has 0 radical (unpaired) electrons. The van der Waals surface area contributed by atoms with Crippen molar-refractivity contribution in [3.8, 4) is 0 Å². The molecule has 0 fully saturated rings. The molecule has 83 heavy (non-hydrogen) atoms. The molecule has 0 saturated carbocycles. The van der Waals surface area contributed by atoms with Crippen molar-refractivity contribution in [3.63, 3.8) is 0 Å². The van der Waals surface area contributed by atoms with Crippen molar-refractivity contribution in [1.82, 2.24) is 0 Å². The molecule has 0 aromatic rings. The molecule has 0 rings (SSSR count). The topological polar surface area (TPSA) is 78.9 Å². The molecule has 0 N–H and O–H groups in total. The van der Waals surface area contributed by atoms with Crippen LogP contribution in [0.2, 0.25) is 0 Å². The molecule has 0 bridgehead atoms. The highest BCUT2D eigenvalue weighted by Crippen LogP contribution is 2.17. The number of hydrogen-bond acceptors (Lipinski definition) is 6. The Bertz CT molecular complexity index is 1660. The molecule has 6 nitrogen and oxygen atoms in total. The van der Waals surface area contributed by atoms with E-state index in [0.717, 1.165) is 128 Å². The highest BCUT2D eigenvalue weighted by atomic mass is 16.6. The second-order valence-electron chi connectivity index (χ2n) is 23.4. The highest BCUT2D eigenvalue weighted by molar-refractivity contribution is 5.71. The first-order valence-corrected chi connectivity index (χ1v) is 35.4. The quantitative estimate of drug-likeness (QED) is 0.0261. The zero-order chi connectivity index (χ0) is 59.9. The van der Waals surface area contributed by atoms with Crippen LogP contribution in [0.25, 0.3) is 0 Å². The molecule has 476 valence electrons. The van der Waals surface area contributed by atoms with Crippen LogP contribution < -0.4 is 0 Å². The van der Waals surface area contributed by atoms with Crippen LogP contribution in [0.4, 0.5) is 0 Å². The Labute approximate surface area is 514 Å².